The van der Waals surface area contributed by atoms with E-state index >= 15 is 0 Å². The van der Waals surface area contributed by atoms with E-state index in [0.29, 0.717) is 6.10 Å². The number of carboxylic acids is 2. The smallest absolute Gasteiger partial charge is 0.307 e. The minimum Gasteiger partial charge on any atom is -0.481 e. The van der Waals surface area contributed by atoms with Gasteiger partial charge in [-0.1, -0.05) is 6.92 Å². The third-order valence-corrected chi connectivity index (χ3v) is 7.91. The van der Waals surface area contributed by atoms with Gasteiger partial charge in [0.1, 0.15) is 0 Å². The lowest BCUT2D eigenvalue weighted by Crippen LogP contribution is -2.51. The lowest BCUT2D eigenvalue weighted by Gasteiger charge is -2.38. The zero-order valence-electron chi connectivity index (χ0n) is 19.6. The first-order chi connectivity index (χ1) is 15.7. The molecule has 4 N–H and O–H groups in total. The third kappa shape index (κ3) is 6.46. The average Bonchev–Trinajstić information content (AvgIpc) is 2.80. The molecule has 9 heteroatoms. The third-order valence-electron chi connectivity index (χ3n) is 7.91. The maximum atomic E-state index is 13.1. The fourth-order valence-corrected chi connectivity index (χ4v) is 5.80. The molecule has 0 spiro atoms. The standard InChI is InChI=1S/C24H38N2O7/c1-13-3-7-15(8-4-13)33-16-9-5-14(6-10-16)26-22(28)18-11-17(21(27)25-2)19(23(29)30)12-20(18)24(31)32/h13-20H,3-12H2,1-2H3,(H,25,27)(H,26,28)(H,29,30)(H,31,32). The van der Waals surface area contributed by atoms with Gasteiger partial charge in [0.15, 0.2) is 0 Å². The molecule has 4 unspecified atom stereocenters. The van der Waals surface area contributed by atoms with E-state index in [1.165, 1.54) is 19.9 Å². The number of carboxylic acid groups (broad SMARTS) is 2. The van der Waals surface area contributed by atoms with Crippen LogP contribution < -0.4 is 10.6 Å². The van der Waals surface area contributed by atoms with Crippen LogP contribution in [0.3, 0.4) is 0 Å². The Labute approximate surface area is 195 Å². The summed E-state index contributed by atoms with van der Waals surface area (Å²) in [5.74, 6) is -6.61. The monoisotopic (exact) mass is 466 g/mol. The van der Waals surface area contributed by atoms with Crippen LogP contribution in [0.4, 0.5) is 0 Å². The van der Waals surface area contributed by atoms with E-state index in [1.807, 2.05) is 0 Å². The Bertz CT molecular complexity index is 726. The maximum Gasteiger partial charge on any atom is 0.307 e. The molecule has 186 valence electrons. The summed E-state index contributed by atoms with van der Waals surface area (Å²) in [5, 5.41) is 24.6. The van der Waals surface area contributed by atoms with Crippen molar-refractivity contribution in [1.29, 1.82) is 0 Å². The molecule has 0 heterocycles. The SMILES string of the molecule is CNC(=O)C1CC(C(=O)NC2CCC(OC3CCC(C)CC3)CC2)C(C(=O)O)CC1C(=O)O. The van der Waals surface area contributed by atoms with Gasteiger partial charge in [-0.3, -0.25) is 19.2 Å². The number of carbonyl (C=O) groups is 4. The van der Waals surface area contributed by atoms with Crippen molar-refractivity contribution in [3.63, 3.8) is 0 Å². The number of amides is 2. The van der Waals surface area contributed by atoms with Crippen molar-refractivity contribution in [2.24, 2.45) is 29.6 Å². The highest BCUT2D eigenvalue weighted by molar-refractivity contribution is 5.90. The van der Waals surface area contributed by atoms with E-state index in [1.54, 1.807) is 0 Å². The number of hydrogen-bond donors (Lipinski definition) is 4. The average molecular weight is 467 g/mol. The molecule has 3 rings (SSSR count). The van der Waals surface area contributed by atoms with E-state index in [2.05, 4.69) is 17.6 Å². The summed E-state index contributed by atoms with van der Waals surface area (Å²) >= 11 is 0. The van der Waals surface area contributed by atoms with Gasteiger partial charge in [0.05, 0.1) is 35.9 Å². The van der Waals surface area contributed by atoms with Gasteiger partial charge in [0, 0.05) is 13.1 Å². The summed E-state index contributed by atoms with van der Waals surface area (Å²) in [6.45, 7) is 2.28. The molecule has 0 aromatic heterocycles. The Hall–Kier alpha value is -2.16. The van der Waals surface area contributed by atoms with Crippen LogP contribution in [-0.4, -0.2) is 59.3 Å². The number of rotatable bonds is 7. The van der Waals surface area contributed by atoms with Crippen molar-refractivity contribution < 1.29 is 34.1 Å². The first kappa shape index (κ1) is 25.5. The van der Waals surface area contributed by atoms with E-state index < -0.39 is 47.4 Å². The lowest BCUT2D eigenvalue weighted by molar-refractivity contribution is -0.159. The number of ether oxygens (including phenoxy) is 1. The summed E-state index contributed by atoms with van der Waals surface area (Å²) in [4.78, 5) is 48.8. The van der Waals surface area contributed by atoms with Gasteiger partial charge in [0.2, 0.25) is 11.8 Å². The molecule has 3 fully saturated rings. The highest BCUT2D eigenvalue weighted by Gasteiger charge is 2.49. The van der Waals surface area contributed by atoms with E-state index in [9.17, 15) is 29.4 Å². The van der Waals surface area contributed by atoms with Crippen LogP contribution in [0.2, 0.25) is 0 Å². The second kappa shape index (κ2) is 11.3. The van der Waals surface area contributed by atoms with Crippen LogP contribution in [0.5, 0.6) is 0 Å². The fraction of sp³-hybridized carbons (Fsp3) is 0.833. The normalized spacial score (nSPS) is 37.0. The maximum absolute atomic E-state index is 13.1. The molecule has 3 saturated carbocycles. The van der Waals surface area contributed by atoms with Crippen LogP contribution in [0, 0.1) is 29.6 Å². The quantitative estimate of drug-likeness (QED) is 0.450. The number of nitrogens with one attached hydrogen (secondary N) is 2. The Morgan fingerprint density at radius 3 is 1.64 bits per heavy atom. The second-order valence-electron chi connectivity index (χ2n) is 10.2. The molecule has 0 aliphatic heterocycles. The largest absolute Gasteiger partial charge is 0.481 e. The van der Waals surface area contributed by atoms with Crippen molar-refractivity contribution in [1.82, 2.24) is 10.6 Å². The van der Waals surface area contributed by atoms with Gasteiger partial charge >= 0.3 is 11.9 Å². The van der Waals surface area contributed by atoms with Gasteiger partial charge in [-0.25, -0.2) is 0 Å². The molecule has 0 aromatic rings. The highest BCUT2D eigenvalue weighted by Crippen LogP contribution is 2.39. The van der Waals surface area contributed by atoms with Gasteiger partial charge in [-0.2, -0.15) is 0 Å². The molecule has 9 nitrogen and oxygen atoms in total. The van der Waals surface area contributed by atoms with Crippen LogP contribution in [0.15, 0.2) is 0 Å². The first-order valence-corrected chi connectivity index (χ1v) is 12.3. The minimum absolute atomic E-state index is 0.0613. The Morgan fingerprint density at radius 1 is 0.697 bits per heavy atom. The number of aliphatic carboxylic acids is 2. The van der Waals surface area contributed by atoms with Crippen LogP contribution >= 0.6 is 0 Å². The highest BCUT2D eigenvalue weighted by atomic mass is 16.5. The van der Waals surface area contributed by atoms with Crippen molar-refractivity contribution in [3.05, 3.63) is 0 Å². The predicted molar refractivity (Wildman–Crippen MR) is 119 cm³/mol. The van der Waals surface area contributed by atoms with E-state index in [4.69, 9.17) is 4.74 Å². The Balaban J connectivity index is 1.55. The summed E-state index contributed by atoms with van der Waals surface area (Å²) in [5.41, 5.74) is 0. The van der Waals surface area contributed by atoms with Gasteiger partial charge in [-0.15, -0.1) is 0 Å². The zero-order valence-corrected chi connectivity index (χ0v) is 19.6. The molecular weight excluding hydrogens is 428 g/mol. The molecule has 0 aromatic carbocycles. The summed E-state index contributed by atoms with van der Waals surface area (Å²) in [7, 11) is 1.41. The molecule has 4 atom stereocenters. The fourth-order valence-electron chi connectivity index (χ4n) is 5.80. The van der Waals surface area contributed by atoms with Crippen molar-refractivity contribution in [2.45, 2.75) is 89.4 Å². The first-order valence-electron chi connectivity index (χ1n) is 12.3. The predicted octanol–water partition coefficient (Wildman–Crippen LogP) is 2.18. The van der Waals surface area contributed by atoms with Crippen LogP contribution in [0.25, 0.3) is 0 Å². The summed E-state index contributed by atoms with van der Waals surface area (Å²) in [6.07, 6.45) is 8.09. The van der Waals surface area contributed by atoms with Crippen LogP contribution in [-0.2, 0) is 23.9 Å². The number of carbonyl (C=O) groups excluding carboxylic acids is 2. The van der Waals surface area contributed by atoms with Crippen molar-refractivity contribution in [3.8, 4) is 0 Å². The number of hydrogen-bond acceptors (Lipinski definition) is 5. The molecule has 0 saturated heterocycles. The van der Waals surface area contributed by atoms with Crippen molar-refractivity contribution in [2.75, 3.05) is 7.05 Å². The summed E-state index contributed by atoms with van der Waals surface area (Å²) in [6, 6.07) is -0.0613. The Morgan fingerprint density at radius 2 is 1.15 bits per heavy atom. The molecule has 0 radical (unpaired) electrons. The molecule has 2 amide bonds. The van der Waals surface area contributed by atoms with Crippen molar-refractivity contribution >= 4 is 23.8 Å². The molecule has 3 aliphatic rings. The lowest BCUT2D eigenvalue weighted by atomic mass is 9.67. The minimum atomic E-state index is -1.21. The van der Waals surface area contributed by atoms with Gasteiger partial charge < -0.3 is 25.6 Å². The topological polar surface area (TPSA) is 142 Å². The van der Waals surface area contributed by atoms with Gasteiger partial charge in [-0.05, 0) is 70.1 Å². The van der Waals surface area contributed by atoms with Gasteiger partial charge in [0.25, 0.3) is 0 Å². The molecule has 0 bridgehead atoms. The van der Waals surface area contributed by atoms with Crippen LogP contribution in [0.1, 0.15) is 71.1 Å². The zero-order chi connectivity index (χ0) is 24.1. The summed E-state index contributed by atoms with van der Waals surface area (Å²) < 4.78 is 6.30. The second-order valence-corrected chi connectivity index (χ2v) is 10.2. The molecular formula is C24H38N2O7. The molecule has 3 aliphatic carbocycles. The Kier molecular flexibility index (Phi) is 8.73. The van der Waals surface area contributed by atoms with E-state index in [-0.39, 0.29) is 25.0 Å². The molecule has 33 heavy (non-hydrogen) atoms. The van der Waals surface area contributed by atoms with E-state index in [0.717, 1.165) is 44.4 Å².